The van der Waals surface area contributed by atoms with Gasteiger partial charge in [0.1, 0.15) is 5.82 Å². The van der Waals surface area contributed by atoms with Crippen LogP contribution in [0.5, 0.6) is 0 Å². The van der Waals surface area contributed by atoms with Crippen molar-refractivity contribution in [2.45, 2.75) is 24.9 Å². The number of hydrogen-bond acceptors (Lipinski definition) is 2. The van der Waals surface area contributed by atoms with Crippen LogP contribution in [0.3, 0.4) is 0 Å². The number of nitrogens with zero attached hydrogens (tertiary/aromatic N) is 1. The molecular formula is C12H15ClFNO2S. The first kappa shape index (κ1) is 13.8. The van der Waals surface area contributed by atoms with E-state index in [0.29, 0.717) is 0 Å². The lowest BCUT2D eigenvalue weighted by Crippen LogP contribution is -2.37. The van der Waals surface area contributed by atoms with Crippen LogP contribution in [0.25, 0.3) is 0 Å². The fourth-order valence-electron chi connectivity index (χ4n) is 2.50. The number of hydrogen-bond donors (Lipinski definition) is 0. The molecule has 0 aliphatic carbocycles. The molecule has 1 fully saturated rings. The monoisotopic (exact) mass is 291 g/mol. The maximum absolute atomic E-state index is 12.9. The Labute approximate surface area is 112 Å². The molecular weight excluding hydrogens is 277 g/mol. The fourth-order valence-corrected chi connectivity index (χ4v) is 4.30. The van der Waals surface area contributed by atoms with Crippen molar-refractivity contribution >= 4 is 21.6 Å². The zero-order chi connectivity index (χ0) is 13.3. The number of sulfonamides is 1. The van der Waals surface area contributed by atoms with Crippen molar-refractivity contribution in [2.24, 2.45) is 0 Å². The van der Waals surface area contributed by atoms with Crippen molar-refractivity contribution in [3.63, 3.8) is 0 Å². The van der Waals surface area contributed by atoms with Crippen LogP contribution in [0.1, 0.15) is 24.4 Å². The van der Waals surface area contributed by atoms with Crippen LogP contribution in [0.4, 0.5) is 4.39 Å². The first-order valence-electron chi connectivity index (χ1n) is 5.73. The second-order valence-corrected chi connectivity index (χ2v) is 6.74. The molecule has 2 rings (SSSR count). The van der Waals surface area contributed by atoms with E-state index in [1.165, 1.54) is 22.7 Å². The highest BCUT2D eigenvalue weighted by molar-refractivity contribution is 7.88. The Balaban J connectivity index is 2.35. The summed E-state index contributed by atoms with van der Waals surface area (Å²) in [5.74, 6) is -0.0401. The Hall–Kier alpha value is -0.650. The van der Waals surface area contributed by atoms with Crippen LogP contribution in [-0.2, 0) is 10.0 Å². The lowest BCUT2D eigenvalue weighted by Gasteiger charge is -2.27. The van der Waals surface area contributed by atoms with Crippen molar-refractivity contribution in [2.75, 3.05) is 12.1 Å². The molecule has 0 amide bonds. The normalized spacial score (nSPS) is 25.5. The summed E-state index contributed by atoms with van der Waals surface area (Å²) in [6.45, 7) is 0. The third-order valence-corrected chi connectivity index (χ3v) is 4.93. The van der Waals surface area contributed by atoms with Crippen molar-refractivity contribution in [3.05, 3.63) is 35.6 Å². The SMILES string of the molecule is CS(=O)(=O)N1C(CCl)CCC1c1ccc(F)cc1. The Bertz CT molecular complexity index is 517. The van der Waals surface area contributed by atoms with E-state index in [-0.39, 0.29) is 23.8 Å². The third-order valence-electron chi connectivity index (χ3n) is 3.26. The predicted molar refractivity (Wildman–Crippen MR) is 69.6 cm³/mol. The van der Waals surface area contributed by atoms with E-state index in [1.807, 2.05) is 0 Å². The van der Waals surface area contributed by atoms with E-state index >= 15 is 0 Å². The van der Waals surface area contributed by atoms with Gasteiger partial charge in [-0.1, -0.05) is 12.1 Å². The molecule has 0 saturated carbocycles. The van der Waals surface area contributed by atoms with E-state index in [2.05, 4.69) is 0 Å². The van der Waals surface area contributed by atoms with E-state index in [0.717, 1.165) is 18.4 Å². The fraction of sp³-hybridized carbons (Fsp3) is 0.500. The highest BCUT2D eigenvalue weighted by Gasteiger charge is 2.39. The summed E-state index contributed by atoms with van der Waals surface area (Å²) < 4.78 is 38.0. The molecule has 1 heterocycles. The number of rotatable bonds is 3. The molecule has 0 aromatic heterocycles. The lowest BCUT2D eigenvalue weighted by molar-refractivity contribution is 0.345. The molecule has 18 heavy (non-hydrogen) atoms. The Morgan fingerprint density at radius 1 is 1.33 bits per heavy atom. The molecule has 100 valence electrons. The van der Waals surface area contributed by atoms with Crippen molar-refractivity contribution in [1.82, 2.24) is 4.31 Å². The van der Waals surface area contributed by atoms with Crippen LogP contribution < -0.4 is 0 Å². The molecule has 0 spiro atoms. The minimum Gasteiger partial charge on any atom is -0.212 e. The molecule has 1 aromatic carbocycles. The minimum atomic E-state index is -3.32. The van der Waals surface area contributed by atoms with Gasteiger partial charge in [-0.15, -0.1) is 11.6 Å². The Morgan fingerprint density at radius 3 is 2.44 bits per heavy atom. The molecule has 1 aromatic rings. The van der Waals surface area contributed by atoms with Crippen molar-refractivity contribution in [1.29, 1.82) is 0 Å². The molecule has 1 aliphatic rings. The minimum absolute atomic E-state index is 0.170. The average molecular weight is 292 g/mol. The summed E-state index contributed by atoms with van der Waals surface area (Å²) in [7, 11) is -3.32. The molecule has 6 heteroatoms. The van der Waals surface area contributed by atoms with Crippen LogP contribution in [0.2, 0.25) is 0 Å². The smallest absolute Gasteiger partial charge is 0.212 e. The van der Waals surface area contributed by atoms with Crippen molar-refractivity contribution in [3.8, 4) is 0 Å². The molecule has 0 radical (unpaired) electrons. The number of alkyl halides is 1. The largest absolute Gasteiger partial charge is 0.212 e. The van der Waals surface area contributed by atoms with E-state index in [1.54, 1.807) is 12.1 Å². The first-order valence-corrected chi connectivity index (χ1v) is 8.11. The van der Waals surface area contributed by atoms with E-state index in [4.69, 9.17) is 11.6 Å². The zero-order valence-electron chi connectivity index (χ0n) is 10.0. The van der Waals surface area contributed by atoms with Gasteiger partial charge in [0.05, 0.1) is 12.3 Å². The third kappa shape index (κ3) is 2.68. The van der Waals surface area contributed by atoms with Gasteiger partial charge in [-0.25, -0.2) is 12.8 Å². The van der Waals surface area contributed by atoms with Crippen LogP contribution in [-0.4, -0.2) is 30.9 Å². The second-order valence-electron chi connectivity index (χ2n) is 4.55. The number of halogens is 2. The van der Waals surface area contributed by atoms with Gasteiger partial charge in [-0.05, 0) is 30.5 Å². The van der Waals surface area contributed by atoms with Crippen LogP contribution in [0.15, 0.2) is 24.3 Å². The van der Waals surface area contributed by atoms with Crippen molar-refractivity contribution < 1.29 is 12.8 Å². The summed E-state index contributed by atoms with van der Waals surface area (Å²) in [4.78, 5) is 0. The van der Waals surface area contributed by atoms with Gasteiger partial charge < -0.3 is 0 Å². The molecule has 0 N–H and O–H groups in total. The lowest BCUT2D eigenvalue weighted by atomic mass is 10.1. The predicted octanol–water partition coefficient (Wildman–Crippen LogP) is 2.53. The highest BCUT2D eigenvalue weighted by atomic mass is 35.5. The van der Waals surface area contributed by atoms with Crippen LogP contribution in [0, 0.1) is 5.82 Å². The van der Waals surface area contributed by atoms with Gasteiger partial charge in [0.15, 0.2) is 0 Å². The van der Waals surface area contributed by atoms with Gasteiger partial charge in [-0.3, -0.25) is 0 Å². The summed E-state index contributed by atoms with van der Waals surface area (Å²) >= 11 is 5.82. The average Bonchev–Trinajstić information content (AvgIpc) is 2.73. The molecule has 1 saturated heterocycles. The summed E-state index contributed by atoms with van der Waals surface area (Å²) in [6.07, 6.45) is 2.64. The van der Waals surface area contributed by atoms with E-state index < -0.39 is 10.0 Å². The zero-order valence-corrected chi connectivity index (χ0v) is 11.6. The summed E-state index contributed by atoms with van der Waals surface area (Å²) in [5.41, 5.74) is 0.814. The second kappa shape index (κ2) is 5.15. The molecule has 3 nitrogen and oxygen atoms in total. The van der Waals surface area contributed by atoms with Gasteiger partial charge in [0, 0.05) is 11.9 Å². The quantitative estimate of drug-likeness (QED) is 0.803. The van der Waals surface area contributed by atoms with Gasteiger partial charge >= 0.3 is 0 Å². The van der Waals surface area contributed by atoms with Gasteiger partial charge in [-0.2, -0.15) is 4.31 Å². The molecule has 0 bridgehead atoms. The Morgan fingerprint density at radius 2 is 1.94 bits per heavy atom. The van der Waals surface area contributed by atoms with E-state index in [9.17, 15) is 12.8 Å². The summed E-state index contributed by atoms with van der Waals surface area (Å²) in [6, 6.07) is 5.57. The highest BCUT2D eigenvalue weighted by Crippen LogP contribution is 2.38. The maximum Gasteiger partial charge on any atom is 0.212 e. The van der Waals surface area contributed by atoms with Gasteiger partial charge in [0.25, 0.3) is 0 Å². The molecule has 2 unspecified atom stereocenters. The van der Waals surface area contributed by atoms with Crippen LogP contribution >= 0.6 is 11.6 Å². The standard InChI is InChI=1S/C12H15ClFNO2S/c1-18(16,17)15-11(8-13)6-7-12(15)9-2-4-10(14)5-3-9/h2-5,11-12H,6-8H2,1H3. The maximum atomic E-state index is 12.9. The van der Waals surface area contributed by atoms with Gasteiger partial charge in [0.2, 0.25) is 10.0 Å². The summed E-state index contributed by atoms with van der Waals surface area (Å²) in [5, 5.41) is 0. The number of benzene rings is 1. The molecule has 2 atom stereocenters. The molecule has 1 aliphatic heterocycles. The topological polar surface area (TPSA) is 37.4 Å². The first-order chi connectivity index (χ1) is 8.43. The Kier molecular flexibility index (Phi) is 3.94.